The van der Waals surface area contributed by atoms with Crippen molar-refractivity contribution < 1.29 is 21.6 Å². The number of nitrogens with one attached hydrogen (secondary N) is 2. The number of urea groups is 1. The molecule has 2 unspecified atom stereocenters. The molecule has 2 N–H and O–H groups in total. The average Bonchev–Trinajstić information content (AvgIpc) is 2.86. The molecule has 0 radical (unpaired) electrons. The summed E-state index contributed by atoms with van der Waals surface area (Å²) in [6.07, 6.45) is 1.17. The number of carbonyl (C=O) groups is 1. The second-order valence-corrected chi connectivity index (χ2v) is 10.1. The topological polar surface area (TPSA) is 109 Å². The van der Waals surface area contributed by atoms with Gasteiger partial charge < -0.3 is 10.6 Å². The van der Waals surface area contributed by atoms with Gasteiger partial charge in [0.05, 0.1) is 23.0 Å². The van der Waals surface area contributed by atoms with E-state index in [9.17, 15) is 21.6 Å². The molecule has 2 aliphatic heterocycles. The van der Waals surface area contributed by atoms with Crippen molar-refractivity contribution in [1.29, 1.82) is 0 Å². The fourth-order valence-corrected chi connectivity index (χ4v) is 6.33. The van der Waals surface area contributed by atoms with E-state index in [0.29, 0.717) is 25.9 Å². The van der Waals surface area contributed by atoms with Crippen molar-refractivity contribution in [2.24, 2.45) is 11.8 Å². The van der Waals surface area contributed by atoms with Crippen LogP contribution in [0.5, 0.6) is 0 Å². The number of rotatable bonds is 4. The van der Waals surface area contributed by atoms with Crippen LogP contribution in [-0.4, -0.2) is 59.0 Å². The molecule has 2 rings (SSSR count). The van der Waals surface area contributed by atoms with Gasteiger partial charge in [0.2, 0.25) is 0 Å². The summed E-state index contributed by atoms with van der Waals surface area (Å²) in [5.41, 5.74) is 0. The lowest BCUT2D eigenvalue weighted by molar-refractivity contribution is 0.238. The fraction of sp³-hybridized carbons (Fsp3) is 0.909. The minimum absolute atomic E-state index is 0.0161. The van der Waals surface area contributed by atoms with Crippen molar-refractivity contribution in [1.82, 2.24) is 10.6 Å². The Morgan fingerprint density at radius 2 is 1.25 bits per heavy atom. The predicted octanol–water partition coefficient (Wildman–Crippen LogP) is -0.845. The molecule has 2 saturated heterocycles. The van der Waals surface area contributed by atoms with E-state index in [0.717, 1.165) is 0 Å². The summed E-state index contributed by atoms with van der Waals surface area (Å²) >= 11 is 0. The first-order valence-corrected chi connectivity index (χ1v) is 10.3. The van der Waals surface area contributed by atoms with Crippen LogP contribution in [0, 0.1) is 11.8 Å². The molecule has 2 heterocycles. The molecular weight excluding hydrogens is 304 g/mol. The molecule has 2 atom stereocenters. The van der Waals surface area contributed by atoms with Gasteiger partial charge in [-0.25, -0.2) is 21.6 Å². The summed E-state index contributed by atoms with van der Waals surface area (Å²) in [6, 6.07) is -0.362. The van der Waals surface area contributed by atoms with Crippen molar-refractivity contribution in [3.8, 4) is 0 Å². The summed E-state index contributed by atoms with van der Waals surface area (Å²) in [5, 5.41) is 5.29. The Balaban J connectivity index is 1.64. The maximum Gasteiger partial charge on any atom is 0.314 e. The Morgan fingerprint density at radius 1 is 0.850 bits per heavy atom. The molecule has 0 aromatic heterocycles. The van der Waals surface area contributed by atoms with Gasteiger partial charge in [0.25, 0.3) is 0 Å². The maximum atomic E-state index is 11.6. The Morgan fingerprint density at radius 3 is 1.55 bits per heavy atom. The summed E-state index contributed by atoms with van der Waals surface area (Å²) in [4.78, 5) is 11.6. The van der Waals surface area contributed by atoms with Crippen LogP contribution < -0.4 is 10.6 Å². The Bertz CT molecular complexity index is 520. The van der Waals surface area contributed by atoms with Crippen LogP contribution in [0.15, 0.2) is 0 Å². The second kappa shape index (κ2) is 5.88. The molecule has 0 aromatic carbocycles. The maximum absolute atomic E-state index is 11.6. The van der Waals surface area contributed by atoms with Gasteiger partial charge in [0.1, 0.15) is 0 Å². The lowest BCUT2D eigenvalue weighted by atomic mass is 10.1. The monoisotopic (exact) mass is 324 g/mol. The van der Waals surface area contributed by atoms with Crippen molar-refractivity contribution in [3.63, 3.8) is 0 Å². The van der Waals surface area contributed by atoms with Crippen LogP contribution in [-0.2, 0) is 19.7 Å². The summed E-state index contributed by atoms with van der Waals surface area (Å²) < 4.78 is 45.0. The van der Waals surface area contributed by atoms with Gasteiger partial charge in [-0.15, -0.1) is 0 Å². The zero-order chi connectivity index (χ0) is 14.8. The van der Waals surface area contributed by atoms with E-state index in [1.807, 2.05) is 0 Å². The van der Waals surface area contributed by atoms with E-state index in [1.165, 1.54) is 0 Å². The third kappa shape index (κ3) is 4.62. The lowest BCUT2D eigenvalue weighted by Crippen LogP contribution is -2.40. The lowest BCUT2D eigenvalue weighted by Gasteiger charge is -2.13. The largest absolute Gasteiger partial charge is 0.338 e. The average molecular weight is 324 g/mol. The highest BCUT2D eigenvalue weighted by atomic mass is 32.2. The third-order valence-electron chi connectivity index (χ3n) is 3.76. The zero-order valence-electron chi connectivity index (χ0n) is 11.2. The van der Waals surface area contributed by atoms with E-state index < -0.39 is 19.7 Å². The highest BCUT2D eigenvalue weighted by molar-refractivity contribution is 7.91. The van der Waals surface area contributed by atoms with Crippen molar-refractivity contribution in [3.05, 3.63) is 0 Å². The van der Waals surface area contributed by atoms with Gasteiger partial charge in [-0.3, -0.25) is 0 Å². The van der Waals surface area contributed by atoms with Gasteiger partial charge in [-0.1, -0.05) is 0 Å². The molecule has 9 heteroatoms. The van der Waals surface area contributed by atoms with Crippen LogP contribution >= 0.6 is 0 Å². The predicted molar refractivity (Wildman–Crippen MR) is 74.9 cm³/mol. The summed E-state index contributed by atoms with van der Waals surface area (Å²) in [6.45, 7) is 0.683. The molecule has 0 bridgehead atoms. The molecule has 0 saturated carbocycles. The normalized spacial score (nSPS) is 31.0. The molecule has 0 aromatic rings. The first-order chi connectivity index (χ1) is 9.26. The minimum Gasteiger partial charge on any atom is -0.338 e. The molecule has 0 spiro atoms. The van der Waals surface area contributed by atoms with E-state index in [4.69, 9.17) is 0 Å². The Hall–Kier alpha value is -0.830. The molecule has 0 aliphatic carbocycles. The molecule has 2 amide bonds. The molecule has 20 heavy (non-hydrogen) atoms. The van der Waals surface area contributed by atoms with Crippen LogP contribution in [0.3, 0.4) is 0 Å². The van der Waals surface area contributed by atoms with Crippen molar-refractivity contribution in [2.45, 2.75) is 12.8 Å². The summed E-state index contributed by atoms with van der Waals surface area (Å²) in [7, 11) is -5.84. The van der Waals surface area contributed by atoms with Gasteiger partial charge in [-0.05, 0) is 24.7 Å². The highest BCUT2D eigenvalue weighted by Gasteiger charge is 2.29. The quantitative estimate of drug-likeness (QED) is 0.700. The van der Waals surface area contributed by atoms with Crippen LogP contribution in [0.25, 0.3) is 0 Å². The highest BCUT2D eigenvalue weighted by Crippen LogP contribution is 2.18. The van der Waals surface area contributed by atoms with E-state index in [-0.39, 0.29) is 40.9 Å². The Kier molecular flexibility index (Phi) is 4.58. The standard InChI is InChI=1S/C11H20N2O5S2/c14-11(12-5-9-1-3-19(15,16)7-9)13-6-10-2-4-20(17,18)8-10/h9-10H,1-8H2,(H2,12,13,14). The molecule has 7 nitrogen and oxygen atoms in total. The molecule has 2 fully saturated rings. The van der Waals surface area contributed by atoms with Crippen molar-refractivity contribution in [2.75, 3.05) is 36.1 Å². The third-order valence-corrected chi connectivity index (χ3v) is 7.43. The zero-order valence-corrected chi connectivity index (χ0v) is 12.8. The first kappa shape index (κ1) is 15.6. The van der Waals surface area contributed by atoms with Gasteiger partial charge in [0.15, 0.2) is 19.7 Å². The number of hydrogen-bond acceptors (Lipinski definition) is 5. The molecule has 116 valence electrons. The SMILES string of the molecule is O=C(NCC1CCS(=O)(=O)C1)NCC1CCS(=O)(=O)C1. The van der Waals surface area contributed by atoms with Crippen molar-refractivity contribution >= 4 is 25.7 Å². The van der Waals surface area contributed by atoms with E-state index in [2.05, 4.69) is 10.6 Å². The minimum atomic E-state index is -2.92. The number of hydrogen-bond donors (Lipinski definition) is 2. The van der Waals surface area contributed by atoms with E-state index >= 15 is 0 Å². The second-order valence-electron chi connectivity index (χ2n) is 5.63. The van der Waals surface area contributed by atoms with Crippen LogP contribution in [0.2, 0.25) is 0 Å². The number of sulfone groups is 2. The van der Waals surface area contributed by atoms with E-state index in [1.54, 1.807) is 0 Å². The number of amides is 2. The first-order valence-electron chi connectivity index (χ1n) is 6.68. The Labute approximate surface area is 119 Å². The smallest absolute Gasteiger partial charge is 0.314 e. The summed E-state index contributed by atoms with van der Waals surface area (Å²) in [5.74, 6) is 0.625. The number of carbonyl (C=O) groups excluding carboxylic acids is 1. The molecular formula is C11H20N2O5S2. The van der Waals surface area contributed by atoms with Gasteiger partial charge >= 0.3 is 6.03 Å². The van der Waals surface area contributed by atoms with Gasteiger partial charge in [-0.2, -0.15) is 0 Å². The molecule has 2 aliphatic rings. The van der Waals surface area contributed by atoms with Crippen LogP contribution in [0.1, 0.15) is 12.8 Å². The fourth-order valence-electron chi connectivity index (χ4n) is 2.60. The van der Waals surface area contributed by atoms with Gasteiger partial charge in [0, 0.05) is 13.1 Å². The van der Waals surface area contributed by atoms with Crippen LogP contribution in [0.4, 0.5) is 4.79 Å².